The minimum Gasteiger partial charge on any atom is -0.493 e. The predicted molar refractivity (Wildman–Crippen MR) is 123 cm³/mol. The second kappa shape index (κ2) is 8.66. The fraction of sp³-hybridized carbons (Fsp3) is 0.120. The quantitative estimate of drug-likeness (QED) is 0.434. The Morgan fingerprint density at radius 2 is 1.47 bits per heavy atom. The Labute approximate surface area is 176 Å². The van der Waals surface area contributed by atoms with E-state index in [1.54, 1.807) is 14.2 Å². The van der Waals surface area contributed by atoms with Gasteiger partial charge in [0.15, 0.2) is 11.5 Å². The average Bonchev–Trinajstić information content (AvgIpc) is 2.81. The van der Waals surface area contributed by atoms with Crippen LogP contribution >= 0.6 is 0 Å². The number of anilines is 1. The number of rotatable bonds is 6. The largest absolute Gasteiger partial charge is 0.493 e. The average molecular weight is 397 g/mol. The number of hydrogen-bond acceptors (Lipinski definition) is 5. The van der Waals surface area contributed by atoms with E-state index in [2.05, 4.69) is 52.8 Å². The lowest BCUT2D eigenvalue weighted by molar-refractivity contribution is 0.356. The molecule has 0 radical (unpaired) electrons. The summed E-state index contributed by atoms with van der Waals surface area (Å²) in [6.07, 6.45) is 4.20. The van der Waals surface area contributed by atoms with Crippen LogP contribution in [0.25, 0.3) is 34.3 Å². The Kier molecular flexibility index (Phi) is 5.61. The molecule has 3 aromatic carbocycles. The molecule has 1 heterocycles. The predicted octanol–water partition coefficient (Wildman–Crippen LogP) is 5.53. The molecule has 1 aromatic heterocycles. The zero-order chi connectivity index (χ0) is 20.9. The lowest BCUT2D eigenvalue weighted by Crippen LogP contribution is -2.00. The monoisotopic (exact) mass is 397 g/mol. The highest BCUT2D eigenvalue weighted by Crippen LogP contribution is 2.36. The van der Waals surface area contributed by atoms with Gasteiger partial charge < -0.3 is 14.8 Å². The Bertz CT molecular complexity index is 1200. The third-order valence-electron chi connectivity index (χ3n) is 4.85. The number of ether oxygens (including phenoxy) is 2. The summed E-state index contributed by atoms with van der Waals surface area (Å²) in [4.78, 5) is 9.33. The normalized spacial score (nSPS) is 11.0. The fourth-order valence-corrected chi connectivity index (χ4v) is 3.33. The van der Waals surface area contributed by atoms with Crippen molar-refractivity contribution in [2.75, 3.05) is 26.6 Å². The maximum atomic E-state index is 5.50. The van der Waals surface area contributed by atoms with Crippen LogP contribution in [0.3, 0.4) is 0 Å². The van der Waals surface area contributed by atoms with Crippen molar-refractivity contribution < 1.29 is 9.47 Å². The summed E-state index contributed by atoms with van der Waals surface area (Å²) < 4.78 is 10.9. The van der Waals surface area contributed by atoms with Gasteiger partial charge in [0, 0.05) is 24.1 Å². The van der Waals surface area contributed by atoms with E-state index < -0.39 is 0 Å². The van der Waals surface area contributed by atoms with Crippen LogP contribution in [0.5, 0.6) is 11.5 Å². The second-order valence-corrected chi connectivity index (χ2v) is 6.74. The van der Waals surface area contributed by atoms with Crippen LogP contribution in [-0.2, 0) is 0 Å². The van der Waals surface area contributed by atoms with Gasteiger partial charge in [0.05, 0.1) is 25.4 Å². The first kappa shape index (κ1) is 19.5. The minimum atomic E-state index is 0.551. The van der Waals surface area contributed by atoms with E-state index in [4.69, 9.17) is 14.5 Å². The number of benzene rings is 3. The van der Waals surface area contributed by atoms with Gasteiger partial charge in [-0.15, -0.1) is 0 Å². The van der Waals surface area contributed by atoms with Crippen LogP contribution in [0, 0.1) is 0 Å². The highest BCUT2D eigenvalue weighted by molar-refractivity contribution is 5.95. The molecule has 4 rings (SSSR count). The molecular weight excluding hydrogens is 374 g/mol. The molecule has 0 atom stereocenters. The number of hydrogen-bond donors (Lipinski definition) is 1. The van der Waals surface area contributed by atoms with Crippen LogP contribution in [0.1, 0.15) is 11.1 Å². The van der Waals surface area contributed by atoms with E-state index in [0.29, 0.717) is 17.4 Å². The first-order chi connectivity index (χ1) is 14.7. The topological polar surface area (TPSA) is 56.3 Å². The van der Waals surface area contributed by atoms with Crippen LogP contribution < -0.4 is 14.8 Å². The molecular formula is C25H23N3O2. The number of methoxy groups -OCH3 is 2. The van der Waals surface area contributed by atoms with E-state index in [9.17, 15) is 0 Å². The Morgan fingerprint density at radius 1 is 0.767 bits per heavy atom. The third-order valence-corrected chi connectivity index (χ3v) is 4.85. The summed E-state index contributed by atoms with van der Waals surface area (Å²) in [6, 6.07) is 22.3. The van der Waals surface area contributed by atoms with Crippen molar-refractivity contribution in [3.8, 4) is 22.8 Å². The van der Waals surface area contributed by atoms with E-state index in [-0.39, 0.29) is 0 Å². The molecule has 1 N–H and O–H groups in total. The van der Waals surface area contributed by atoms with E-state index in [1.165, 1.54) is 0 Å². The van der Waals surface area contributed by atoms with Crippen LogP contribution in [0.4, 0.5) is 5.95 Å². The van der Waals surface area contributed by atoms with Gasteiger partial charge in [-0.1, -0.05) is 60.7 Å². The maximum absolute atomic E-state index is 5.50. The van der Waals surface area contributed by atoms with Gasteiger partial charge in [0.2, 0.25) is 5.95 Å². The lowest BCUT2D eigenvalue weighted by atomic mass is 10.0. The molecule has 0 aliphatic rings. The summed E-state index contributed by atoms with van der Waals surface area (Å²) >= 11 is 0. The summed E-state index contributed by atoms with van der Waals surface area (Å²) in [6.45, 7) is 0. The number of aromatic nitrogens is 2. The number of nitrogens with zero attached hydrogens (tertiary/aromatic N) is 2. The molecule has 0 unspecified atom stereocenters. The van der Waals surface area contributed by atoms with Crippen molar-refractivity contribution in [3.05, 3.63) is 77.9 Å². The smallest absolute Gasteiger partial charge is 0.223 e. The van der Waals surface area contributed by atoms with Crippen molar-refractivity contribution in [2.45, 2.75) is 0 Å². The van der Waals surface area contributed by atoms with Crippen molar-refractivity contribution in [3.63, 3.8) is 0 Å². The first-order valence-electron chi connectivity index (χ1n) is 9.67. The van der Waals surface area contributed by atoms with E-state index >= 15 is 0 Å². The van der Waals surface area contributed by atoms with E-state index in [0.717, 1.165) is 33.3 Å². The summed E-state index contributed by atoms with van der Waals surface area (Å²) in [7, 11) is 5.05. The van der Waals surface area contributed by atoms with Crippen molar-refractivity contribution in [1.82, 2.24) is 9.97 Å². The summed E-state index contributed by atoms with van der Waals surface area (Å²) in [5.74, 6) is 1.83. The molecule has 0 saturated carbocycles. The lowest BCUT2D eigenvalue weighted by Gasteiger charge is -2.13. The summed E-state index contributed by atoms with van der Waals surface area (Å²) in [5.41, 5.74) is 4.87. The molecule has 5 nitrogen and oxygen atoms in total. The Morgan fingerprint density at radius 3 is 2.20 bits per heavy atom. The molecule has 0 bridgehead atoms. The Hall–Kier alpha value is -3.86. The van der Waals surface area contributed by atoms with Crippen LogP contribution in [0.15, 0.2) is 66.7 Å². The van der Waals surface area contributed by atoms with Crippen LogP contribution in [-0.4, -0.2) is 31.2 Å². The highest BCUT2D eigenvalue weighted by atomic mass is 16.5. The highest BCUT2D eigenvalue weighted by Gasteiger charge is 2.14. The second-order valence-electron chi connectivity index (χ2n) is 6.74. The molecule has 5 heteroatoms. The third kappa shape index (κ3) is 3.96. The zero-order valence-corrected chi connectivity index (χ0v) is 17.2. The van der Waals surface area contributed by atoms with Gasteiger partial charge in [-0.2, -0.15) is 0 Å². The first-order valence-corrected chi connectivity index (χ1v) is 9.67. The minimum absolute atomic E-state index is 0.551. The standard InChI is InChI=1S/C25H23N3O2/c1-26-25-27-21-16-23(30-3)22(29-2)15-20(21)24(28-25)19-11-7-10-18(14-19)13-12-17-8-5-4-6-9-17/h4-16H,1-3H3,(H,26,27,28)/b13-12+. The molecule has 0 saturated heterocycles. The molecule has 4 aromatic rings. The number of fused-ring (bicyclic) bond motifs is 1. The van der Waals surface area contributed by atoms with Gasteiger partial charge in [-0.3, -0.25) is 0 Å². The van der Waals surface area contributed by atoms with Gasteiger partial charge in [-0.25, -0.2) is 9.97 Å². The van der Waals surface area contributed by atoms with Gasteiger partial charge >= 0.3 is 0 Å². The zero-order valence-electron chi connectivity index (χ0n) is 17.2. The maximum Gasteiger partial charge on any atom is 0.223 e. The van der Waals surface area contributed by atoms with E-state index in [1.807, 2.05) is 43.4 Å². The molecule has 0 aliphatic heterocycles. The van der Waals surface area contributed by atoms with Crippen molar-refractivity contribution in [1.29, 1.82) is 0 Å². The molecule has 0 fully saturated rings. The van der Waals surface area contributed by atoms with Crippen LogP contribution in [0.2, 0.25) is 0 Å². The van der Waals surface area contributed by atoms with Gasteiger partial charge in [-0.05, 0) is 23.3 Å². The van der Waals surface area contributed by atoms with Crippen molar-refractivity contribution in [2.24, 2.45) is 0 Å². The fourth-order valence-electron chi connectivity index (χ4n) is 3.33. The summed E-state index contributed by atoms with van der Waals surface area (Å²) in [5, 5.41) is 3.95. The molecule has 30 heavy (non-hydrogen) atoms. The molecule has 0 aliphatic carbocycles. The Balaban J connectivity index is 1.83. The SMILES string of the molecule is CNc1nc(-c2cccc(/C=C/c3ccccc3)c2)c2cc(OC)c(OC)cc2n1. The van der Waals surface area contributed by atoms with Gasteiger partial charge in [0.25, 0.3) is 0 Å². The molecule has 0 spiro atoms. The van der Waals surface area contributed by atoms with Crippen molar-refractivity contribution >= 4 is 29.0 Å². The van der Waals surface area contributed by atoms with Gasteiger partial charge in [0.1, 0.15) is 0 Å². The molecule has 150 valence electrons. The molecule has 0 amide bonds. The number of nitrogens with one attached hydrogen (secondary N) is 1.